The summed E-state index contributed by atoms with van der Waals surface area (Å²) in [7, 11) is 2.24. The quantitative estimate of drug-likeness (QED) is 0.614. The van der Waals surface area contributed by atoms with Gasteiger partial charge in [-0.25, -0.2) is 0 Å². The number of para-hydroxylation sites is 1. The number of anilines is 1. The van der Waals surface area contributed by atoms with Gasteiger partial charge in [0.2, 0.25) is 0 Å². The number of thiocarbonyl (C=S) groups is 1. The highest BCUT2D eigenvalue weighted by molar-refractivity contribution is 7.80. The van der Waals surface area contributed by atoms with Crippen molar-refractivity contribution >= 4 is 28.7 Å². The number of benzene rings is 1. The van der Waals surface area contributed by atoms with Gasteiger partial charge in [0.15, 0.2) is 0 Å². The summed E-state index contributed by atoms with van der Waals surface area (Å²) >= 11 is 6.22. The molecular formula is C27H38N4S. The molecule has 0 amide bonds. The average molecular weight is 451 g/mol. The van der Waals surface area contributed by atoms with Gasteiger partial charge in [-0.2, -0.15) is 0 Å². The second-order valence-corrected chi connectivity index (χ2v) is 12.4. The number of amidine groups is 1. The molecule has 4 saturated carbocycles. The summed E-state index contributed by atoms with van der Waals surface area (Å²) in [4.78, 5) is 14.4. The molecule has 2 heterocycles. The van der Waals surface area contributed by atoms with Crippen LogP contribution in [0.3, 0.4) is 0 Å². The summed E-state index contributed by atoms with van der Waals surface area (Å²) in [5.74, 6) is 3.95. The largest absolute Gasteiger partial charge is 0.304 e. The lowest BCUT2D eigenvalue weighted by Crippen LogP contribution is -2.56. The molecule has 1 aromatic rings. The third-order valence-electron chi connectivity index (χ3n) is 9.19. The number of hydrogen-bond acceptors (Lipinski definition) is 4. The smallest absolute Gasteiger partial charge is 0.127 e. The molecule has 6 aliphatic rings. The molecule has 0 aromatic heterocycles. The molecule has 7 rings (SSSR count). The van der Waals surface area contributed by atoms with Gasteiger partial charge in [-0.05, 0) is 75.5 Å². The van der Waals surface area contributed by atoms with E-state index in [0.29, 0.717) is 0 Å². The Kier molecular flexibility index (Phi) is 5.05. The summed E-state index contributed by atoms with van der Waals surface area (Å²) in [5, 5.41) is 0. The molecule has 1 atom stereocenters. The van der Waals surface area contributed by atoms with E-state index in [1.807, 2.05) is 0 Å². The first-order valence-corrected chi connectivity index (χ1v) is 13.2. The van der Waals surface area contributed by atoms with Crippen molar-refractivity contribution in [2.75, 3.05) is 38.1 Å². The maximum Gasteiger partial charge on any atom is 0.127 e. The maximum atomic E-state index is 6.22. The van der Waals surface area contributed by atoms with Gasteiger partial charge in [0.25, 0.3) is 0 Å². The van der Waals surface area contributed by atoms with E-state index in [1.54, 1.807) is 0 Å². The van der Waals surface area contributed by atoms with Crippen molar-refractivity contribution in [3.8, 4) is 0 Å². The fourth-order valence-electron chi connectivity index (χ4n) is 8.04. The molecule has 1 aromatic carbocycles. The topological polar surface area (TPSA) is 22.1 Å². The Labute approximate surface area is 199 Å². The summed E-state index contributed by atoms with van der Waals surface area (Å²) in [6.07, 6.45) is 8.27. The minimum Gasteiger partial charge on any atom is -0.304 e. The summed E-state index contributed by atoms with van der Waals surface area (Å²) < 4.78 is 0. The van der Waals surface area contributed by atoms with E-state index in [9.17, 15) is 0 Å². The molecule has 0 spiro atoms. The Morgan fingerprint density at radius 1 is 0.875 bits per heavy atom. The lowest BCUT2D eigenvalue weighted by Gasteiger charge is -2.55. The predicted molar refractivity (Wildman–Crippen MR) is 136 cm³/mol. The van der Waals surface area contributed by atoms with Crippen molar-refractivity contribution in [1.29, 1.82) is 0 Å². The first kappa shape index (κ1) is 21.2. The molecule has 172 valence electrons. The second-order valence-electron chi connectivity index (χ2n) is 12.1. The van der Waals surface area contributed by atoms with Crippen LogP contribution in [0.5, 0.6) is 0 Å². The molecule has 0 radical (unpaired) electrons. The first-order valence-electron chi connectivity index (χ1n) is 12.8. The van der Waals surface area contributed by atoms with E-state index in [2.05, 4.69) is 65.9 Å². The van der Waals surface area contributed by atoms with Crippen molar-refractivity contribution in [1.82, 2.24) is 9.80 Å². The number of rotatable bonds is 3. The first-order chi connectivity index (χ1) is 15.3. The van der Waals surface area contributed by atoms with Crippen LogP contribution in [0.25, 0.3) is 0 Å². The number of nitrogens with zero attached hydrogens (tertiary/aromatic N) is 4. The molecular weight excluding hydrogens is 412 g/mol. The standard InChI is InChI=1S/C27H38N4S/c1-26(2)23(30-11-9-29(3)10-12-30)24(31(25(26)32)22-7-5-4-6-8-22)28-27-16-19-13-20(17-27)15-21(14-19)18-27/h4-8,19-21,23H,9-18H2,1-3H3. The minimum absolute atomic E-state index is 0.109. The predicted octanol–water partition coefficient (Wildman–Crippen LogP) is 4.84. The van der Waals surface area contributed by atoms with E-state index in [0.717, 1.165) is 48.9 Å². The van der Waals surface area contributed by atoms with Gasteiger partial charge in [-0.15, -0.1) is 0 Å². The molecule has 4 bridgehead atoms. The lowest BCUT2D eigenvalue weighted by molar-refractivity contribution is 0.00106. The molecule has 32 heavy (non-hydrogen) atoms. The molecule has 0 N–H and O–H groups in total. The van der Waals surface area contributed by atoms with Crippen LogP contribution in [-0.4, -0.2) is 65.4 Å². The average Bonchev–Trinajstić information content (AvgIpc) is 2.93. The summed E-state index contributed by atoms with van der Waals surface area (Å²) in [6, 6.07) is 11.1. The van der Waals surface area contributed by atoms with Gasteiger partial charge in [0.05, 0.1) is 16.6 Å². The van der Waals surface area contributed by atoms with Gasteiger partial charge in [0.1, 0.15) is 5.84 Å². The van der Waals surface area contributed by atoms with Gasteiger partial charge in [0, 0.05) is 37.3 Å². The van der Waals surface area contributed by atoms with Crippen molar-refractivity contribution < 1.29 is 0 Å². The number of hydrogen-bond donors (Lipinski definition) is 0. The van der Waals surface area contributed by atoms with Crippen molar-refractivity contribution in [2.24, 2.45) is 28.2 Å². The Balaban J connectivity index is 1.46. The molecule has 5 heteroatoms. The Bertz CT molecular complexity index is 880. The van der Waals surface area contributed by atoms with Crippen LogP contribution in [0, 0.1) is 23.2 Å². The zero-order valence-electron chi connectivity index (χ0n) is 20.0. The van der Waals surface area contributed by atoms with Gasteiger partial charge >= 0.3 is 0 Å². The van der Waals surface area contributed by atoms with Crippen LogP contribution in [0.4, 0.5) is 5.69 Å². The second kappa shape index (κ2) is 7.61. The fourth-order valence-corrected chi connectivity index (χ4v) is 8.35. The van der Waals surface area contributed by atoms with E-state index in [4.69, 9.17) is 17.2 Å². The van der Waals surface area contributed by atoms with Crippen molar-refractivity contribution in [3.05, 3.63) is 30.3 Å². The Morgan fingerprint density at radius 3 is 2.00 bits per heavy atom. The van der Waals surface area contributed by atoms with Crippen LogP contribution in [0.15, 0.2) is 35.3 Å². The normalized spacial score (nSPS) is 40.5. The number of likely N-dealkylation sites (N-methyl/N-ethyl adjacent to an activating group) is 1. The number of piperazine rings is 1. The molecule has 2 aliphatic heterocycles. The highest BCUT2D eigenvalue weighted by atomic mass is 32.1. The lowest BCUT2D eigenvalue weighted by atomic mass is 9.53. The van der Waals surface area contributed by atoms with Crippen LogP contribution in [-0.2, 0) is 0 Å². The minimum atomic E-state index is -0.109. The molecule has 4 nitrogen and oxygen atoms in total. The highest BCUT2D eigenvalue weighted by Crippen LogP contribution is 2.58. The highest BCUT2D eigenvalue weighted by Gasteiger charge is 2.56. The summed E-state index contributed by atoms with van der Waals surface area (Å²) in [6.45, 7) is 9.14. The molecule has 2 saturated heterocycles. The van der Waals surface area contributed by atoms with Crippen LogP contribution in [0.2, 0.25) is 0 Å². The number of aliphatic imine (C=N–C) groups is 1. The third kappa shape index (κ3) is 3.38. The van der Waals surface area contributed by atoms with Gasteiger partial charge in [-0.1, -0.05) is 44.3 Å². The fraction of sp³-hybridized carbons (Fsp3) is 0.704. The Hall–Kier alpha value is -1.30. The molecule has 4 aliphatic carbocycles. The SMILES string of the molecule is CN1CCN(C2C(=NC34CC5CC(CC(C5)C3)C4)N(c3ccccc3)C(=S)C2(C)C)CC1. The van der Waals surface area contributed by atoms with E-state index >= 15 is 0 Å². The van der Waals surface area contributed by atoms with Crippen LogP contribution >= 0.6 is 12.2 Å². The van der Waals surface area contributed by atoms with Crippen molar-refractivity contribution in [3.63, 3.8) is 0 Å². The van der Waals surface area contributed by atoms with Crippen molar-refractivity contribution in [2.45, 2.75) is 64.0 Å². The Morgan fingerprint density at radius 2 is 1.44 bits per heavy atom. The van der Waals surface area contributed by atoms with Crippen LogP contribution in [0.1, 0.15) is 52.4 Å². The van der Waals surface area contributed by atoms with E-state index in [-0.39, 0.29) is 17.0 Å². The maximum absolute atomic E-state index is 6.22. The monoisotopic (exact) mass is 450 g/mol. The van der Waals surface area contributed by atoms with E-state index in [1.165, 1.54) is 50.0 Å². The molecule has 1 unspecified atom stereocenters. The van der Waals surface area contributed by atoms with E-state index < -0.39 is 0 Å². The zero-order valence-corrected chi connectivity index (χ0v) is 20.8. The molecule has 6 fully saturated rings. The zero-order chi connectivity index (χ0) is 22.1. The van der Waals surface area contributed by atoms with Gasteiger partial charge < -0.3 is 4.90 Å². The van der Waals surface area contributed by atoms with Crippen LogP contribution < -0.4 is 4.90 Å². The summed E-state index contributed by atoms with van der Waals surface area (Å²) in [5.41, 5.74) is 1.23. The third-order valence-corrected chi connectivity index (χ3v) is 9.90. The van der Waals surface area contributed by atoms with Gasteiger partial charge in [-0.3, -0.25) is 14.8 Å².